The first-order valence-electron chi connectivity index (χ1n) is 10.8. The van der Waals surface area contributed by atoms with Gasteiger partial charge in [-0.3, -0.25) is 4.79 Å². The fourth-order valence-corrected chi connectivity index (χ4v) is 4.22. The van der Waals surface area contributed by atoms with Gasteiger partial charge in [0.1, 0.15) is 0 Å². The maximum atomic E-state index is 12.8. The van der Waals surface area contributed by atoms with Crippen LogP contribution in [-0.2, 0) is 11.3 Å². The monoisotopic (exact) mass is 530 g/mol. The number of amides is 1. The molecule has 1 saturated carbocycles. The van der Waals surface area contributed by atoms with Gasteiger partial charge in [-0.2, -0.15) is 0 Å². The zero-order chi connectivity index (χ0) is 20.6. The number of nitrogens with one attached hydrogen (secondary N) is 2. The van der Waals surface area contributed by atoms with Gasteiger partial charge in [0.15, 0.2) is 17.5 Å². The van der Waals surface area contributed by atoms with Crippen molar-refractivity contribution in [2.24, 2.45) is 10.9 Å². The Morgan fingerprint density at radius 1 is 1.27 bits per heavy atom. The Morgan fingerprint density at radius 2 is 2.03 bits per heavy atom. The maximum Gasteiger partial charge on any atom is 0.225 e. The Hall–Kier alpha value is -1.71. The van der Waals surface area contributed by atoms with Gasteiger partial charge in [0, 0.05) is 37.2 Å². The van der Waals surface area contributed by atoms with Crippen LogP contribution in [0.1, 0.15) is 51.0 Å². The second-order valence-electron chi connectivity index (χ2n) is 7.91. The second kappa shape index (κ2) is 12.2. The van der Waals surface area contributed by atoms with Crippen LogP contribution in [0.4, 0.5) is 0 Å². The molecule has 1 aromatic carbocycles. The van der Waals surface area contributed by atoms with Crippen molar-refractivity contribution in [1.29, 1.82) is 0 Å². The highest BCUT2D eigenvalue weighted by Gasteiger charge is 2.31. The van der Waals surface area contributed by atoms with E-state index in [0.717, 1.165) is 38.9 Å². The molecule has 1 aliphatic heterocycles. The summed E-state index contributed by atoms with van der Waals surface area (Å²) in [7, 11) is 1.54. The van der Waals surface area contributed by atoms with Gasteiger partial charge >= 0.3 is 0 Å². The number of rotatable bonds is 6. The third-order valence-corrected chi connectivity index (χ3v) is 5.85. The van der Waals surface area contributed by atoms with Gasteiger partial charge in [-0.05, 0) is 32.3 Å². The van der Waals surface area contributed by atoms with Crippen LogP contribution in [0.3, 0.4) is 0 Å². The number of carbonyl (C=O) groups excluding carboxylic acids is 1. The lowest BCUT2D eigenvalue weighted by Crippen LogP contribution is -2.45. The summed E-state index contributed by atoms with van der Waals surface area (Å²) in [5.41, 5.74) is 0.710. The van der Waals surface area contributed by atoms with Gasteiger partial charge in [0.2, 0.25) is 5.91 Å². The Bertz CT molecular complexity index is 722. The van der Waals surface area contributed by atoms with Crippen molar-refractivity contribution in [3.63, 3.8) is 0 Å². The Labute approximate surface area is 196 Å². The average molecular weight is 530 g/mol. The number of aromatic hydroxyl groups is 1. The number of nitrogens with zero attached hydrogens (tertiary/aromatic N) is 2. The van der Waals surface area contributed by atoms with E-state index in [1.165, 1.54) is 26.4 Å². The first-order chi connectivity index (χ1) is 14.1. The maximum absolute atomic E-state index is 12.8. The van der Waals surface area contributed by atoms with E-state index in [1.807, 2.05) is 24.0 Å². The van der Waals surface area contributed by atoms with Gasteiger partial charge in [-0.1, -0.05) is 31.4 Å². The molecule has 2 fully saturated rings. The van der Waals surface area contributed by atoms with E-state index in [2.05, 4.69) is 15.6 Å². The van der Waals surface area contributed by atoms with Crippen molar-refractivity contribution in [2.75, 3.05) is 26.7 Å². The third kappa shape index (κ3) is 6.39. The van der Waals surface area contributed by atoms with Crippen LogP contribution in [0, 0.1) is 5.92 Å². The molecule has 1 unspecified atom stereocenters. The molecular weight excluding hydrogens is 495 g/mol. The van der Waals surface area contributed by atoms with Crippen molar-refractivity contribution in [2.45, 2.75) is 58.0 Å². The van der Waals surface area contributed by atoms with E-state index in [9.17, 15) is 9.90 Å². The topological polar surface area (TPSA) is 86.2 Å². The fraction of sp³-hybridized carbons (Fsp3) is 0.636. The van der Waals surface area contributed by atoms with Gasteiger partial charge in [-0.25, -0.2) is 4.99 Å². The molecule has 1 aliphatic carbocycles. The van der Waals surface area contributed by atoms with Crippen LogP contribution in [0.15, 0.2) is 23.2 Å². The van der Waals surface area contributed by atoms with Crippen LogP contribution in [-0.4, -0.2) is 54.7 Å². The first-order valence-corrected chi connectivity index (χ1v) is 10.8. The molecule has 3 N–H and O–H groups in total. The number of phenols is 1. The lowest BCUT2D eigenvalue weighted by atomic mass is 9.88. The van der Waals surface area contributed by atoms with E-state index < -0.39 is 0 Å². The van der Waals surface area contributed by atoms with E-state index in [4.69, 9.17) is 4.74 Å². The highest BCUT2D eigenvalue weighted by atomic mass is 127. The SMILES string of the molecule is CCNC(=NCc1cccc(OC)c1O)NC1CCN(C(=O)C2CCCCC2)C1.I. The minimum absolute atomic E-state index is 0. The Kier molecular flexibility index (Phi) is 10.0. The number of benzene rings is 1. The molecule has 30 heavy (non-hydrogen) atoms. The molecule has 0 aromatic heterocycles. The summed E-state index contributed by atoms with van der Waals surface area (Å²) in [5, 5.41) is 17.0. The first kappa shape index (κ1) is 24.6. The van der Waals surface area contributed by atoms with E-state index in [0.29, 0.717) is 29.7 Å². The largest absolute Gasteiger partial charge is 0.504 e. The number of hydrogen-bond acceptors (Lipinski definition) is 4. The minimum atomic E-state index is 0. The highest BCUT2D eigenvalue weighted by molar-refractivity contribution is 14.0. The highest BCUT2D eigenvalue weighted by Crippen LogP contribution is 2.30. The van der Waals surface area contributed by atoms with Crippen LogP contribution >= 0.6 is 24.0 Å². The predicted molar refractivity (Wildman–Crippen MR) is 130 cm³/mol. The van der Waals surface area contributed by atoms with Crippen LogP contribution in [0.2, 0.25) is 0 Å². The van der Waals surface area contributed by atoms with E-state index in [1.54, 1.807) is 6.07 Å². The molecule has 1 aromatic rings. The molecule has 0 radical (unpaired) electrons. The van der Waals surface area contributed by atoms with Crippen molar-refractivity contribution in [1.82, 2.24) is 15.5 Å². The molecule has 0 bridgehead atoms. The number of methoxy groups -OCH3 is 1. The van der Waals surface area contributed by atoms with Gasteiger partial charge in [0.05, 0.1) is 13.7 Å². The van der Waals surface area contributed by atoms with Crippen molar-refractivity contribution in [3.05, 3.63) is 23.8 Å². The summed E-state index contributed by atoms with van der Waals surface area (Å²) >= 11 is 0. The molecular formula is C22H35IN4O3. The summed E-state index contributed by atoms with van der Waals surface area (Å²) in [5.74, 6) is 1.83. The molecule has 1 saturated heterocycles. The van der Waals surface area contributed by atoms with Crippen LogP contribution in [0.5, 0.6) is 11.5 Å². The number of ether oxygens (including phenoxy) is 1. The molecule has 168 valence electrons. The summed E-state index contributed by atoms with van der Waals surface area (Å²) in [4.78, 5) is 19.4. The van der Waals surface area contributed by atoms with E-state index in [-0.39, 0.29) is 41.7 Å². The molecule has 2 aliphatic rings. The smallest absolute Gasteiger partial charge is 0.225 e. The zero-order valence-corrected chi connectivity index (χ0v) is 20.4. The Morgan fingerprint density at radius 3 is 2.73 bits per heavy atom. The number of hydrogen-bond donors (Lipinski definition) is 3. The molecule has 1 atom stereocenters. The average Bonchev–Trinajstić information content (AvgIpc) is 3.21. The summed E-state index contributed by atoms with van der Waals surface area (Å²) < 4.78 is 5.16. The second-order valence-corrected chi connectivity index (χ2v) is 7.91. The summed E-state index contributed by atoms with van der Waals surface area (Å²) in [6, 6.07) is 5.60. The van der Waals surface area contributed by atoms with Crippen molar-refractivity contribution < 1.29 is 14.6 Å². The lowest BCUT2D eigenvalue weighted by molar-refractivity contribution is -0.135. The molecule has 1 amide bonds. The number of likely N-dealkylation sites (tertiary alicyclic amines) is 1. The van der Waals surface area contributed by atoms with E-state index >= 15 is 0 Å². The normalized spacial score (nSPS) is 19.9. The molecule has 8 heteroatoms. The van der Waals surface area contributed by atoms with Crippen molar-refractivity contribution >= 4 is 35.8 Å². The lowest BCUT2D eigenvalue weighted by Gasteiger charge is -2.26. The number of carbonyl (C=O) groups is 1. The molecule has 7 nitrogen and oxygen atoms in total. The number of aliphatic imine (C=N–C) groups is 1. The van der Waals surface area contributed by atoms with Gasteiger partial charge < -0.3 is 25.4 Å². The van der Waals surface area contributed by atoms with Crippen molar-refractivity contribution in [3.8, 4) is 11.5 Å². The van der Waals surface area contributed by atoms with Crippen LogP contribution < -0.4 is 15.4 Å². The number of guanidine groups is 1. The number of phenolic OH excluding ortho intramolecular Hbond substituents is 1. The number of para-hydroxylation sites is 1. The standard InChI is InChI=1S/C22H34N4O3.HI/c1-3-23-22(24-14-17-10-7-11-19(29-2)20(17)27)25-18-12-13-26(15-18)21(28)16-8-5-4-6-9-16;/h7,10-11,16,18,27H,3-6,8-9,12-15H2,1-2H3,(H2,23,24,25);1H. The van der Waals surface area contributed by atoms with Gasteiger partial charge in [-0.15, -0.1) is 24.0 Å². The predicted octanol–water partition coefficient (Wildman–Crippen LogP) is 3.26. The summed E-state index contributed by atoms with van der Waals surface area (Å²) in [6.07, 6.45) is 6.64. The Balaban J connectivity index is 0.00000320. The van der Waals surface area contributed by atoms with Crippen LogP contribution in [0.25, 0.3) is 0 Å². The minimum Gasteiger partial charge on any atom is -0.504 e. The molecule has 0 spiro atoms. The molecule has 3 rings (SSSR count). The zero-order valence-electron chi connectivity index (χ0n) is 18.0. The number of halogens is 1. The van der Waals surface area contributed by atoms with Gasteiger partial charge in [0.25, 0.3) is 0 Å². The fourth-order valence-electron chi connectivity index (χ4n) is 4.22. The summed E-state index contributed by atoms with van der Waals surface area (Å²) in [6.45, 7) is 4.64. The third-order valence-electron chi connectivity index (χ3n) is 5.85. The quantitative estimate of drug-likeness (QED) is 0.299. The molecule has 1 heterocycles.